The molecule has 2 nitrogen and oxygen atoms in total. The van der Waals surface area contributed by atoms with Crippen LogP contribution >= 0.6 is 0 Å². The van der Waals surface area contributed by atoms with Gasteiger partial charge in [-0.25, -0.2) is 0 Å². The third-order valence-electron chi connectivity index (χ3n) is 4.85. The molecule has 0 bridgehead atoms. The van der Waals surface area contributed by atoms with Crippen molar-refractivity contribution in [3.05, 3.63) is 0 Å². The lowest BCUT2D eigenvalue weighted by atomic mass is 9.95. The third-order valence-corrected chi connectivity index (χ3v) is 4.85. The lowest BCUT2D eigenvalue weighted by molar-refractivity contribution is 0.176. The van der Waals surface area contributed by atoms with Crippen molar-refractivity contribution in [3.63, 3.8) is 0 Å². The van der Waals surface area contributed by atoms with Gasteiger partial charge in [-0.2, -0.15) is 0 Å². The molecule has 1 unspecified atom stereocenters. The summed E-state index contributed by atoms with van der Waals surface area (Å²) < 4.78 is 5.41. The largest absolute Gasteiger partial charge is 0.364 e. The molecule has 2 heteroatoms. The summed E-state index contributed by atoms with van der Waals surface area (Å²) in [7, 11) is 0. The molecule has 1 rings (SSSR count). The van der Waals surface area contributed by atoms with Crippen LogP contribution in [0.3, 0.4) is 0 Å². The first-order valence-corrected chi connectivity index (χ1v) is 9.60. The normalized spacial score (nSPS) is 22.0. The smallest absolute Gasteiger partial charge is 0.0971 e. The van der Waals surface area contributed by atoms with Crippen molar-refractivity contribution in [1.29, 1.82) is 0 Å². The van der Waals surface area contributed by atoms with Gasteiger partial charge in [-0.1, -0.05) is 90.4 Å². The lowest BCUT2D eigenvalue weighted by Gasteiger charge is -2.21. The van der Waals surface area contributed by atoms with E-state index in [9.17, 15) is 0 Å². The minimum absolute atomic E-state index is 0.262. The van der Waals surface area contributed by atoms with Crippen molar-refractivity contribution in [3.8, 4) is 0 Å². The van der Waals surface area contributed by atoms with Crippen LogP contribution < -0.4 is 5.32 Å². The van der Waals surface area contributed by atoms with Gasteiger partial charge in [0.2, 0.25) is 0 Å². The molecule has 0 spiro atoms. The maximum Gasteiger partial charge on any atom is 0.0971 e. The maximum atomic E-state index is 5.41. The second-order valence-corrected chi connectivity index (χ2v) is 7.22. The predicted octanol–water partition coefficient (Wildman–Crippen LogP) is 5.80. The molecule has 1 fully saturated rings. The number of hydrogen-bond donors (Lipinski definition) is 1. The highest BCUT2D eigenvalue weighted by atomic mass is 16.5. The first kappa shape index (κ1) is 19.0. The van der Waals surface area contributed by atoms with Crippen LogP contribution in [0.5, 0.6) is 0 Å². The van der Waals surface area contributed by atoms with Gasteiger partial charge in [-0.15, -0.1) is 0 Å². The van der Waals surface area contributed by atoms with Crippen LogP contribution in [0, 0.1) is 0 Å². The van der Waals surface area contributed by atoms with Crippen LogP contribution in [0.1, 0.15) is 104 Å². The first-order chi connectivity index (χ1) is 10.3. The fraction of sp³-hybridized carbons (Fsp3) is 1.00. The molecular weight excluding hydrogens is 258 g/mol. The molecule has 21 heavy (non-hydrogen) atoms. The summed E-state index contributed by atoms with van der Waals surface area (Å²) in [6.07, 6.45) is 19.9. The van der Waals surface area contributed by atoms with E-state index in [0.717, 1.165) is 13.3 Å². The van der Waals surface area contributed by atoms with Crippen LogP contribution in [0.2, 0.25) is 0 Å². The van der Waals surface area contributed by atoms with Crippen molar-refractivity contribution in [1.82, 2.24) is 5.32 Å². The summed E-state index contributed by atoms with van der Waals surface area (Å²) in [6, 6.07) is 0. The summed E-state index contributed by atoms with van der Waals surface area (Å²) in [6.45, 7) is 6.22. The van der Waals surface area contributed by atoms with E-state index in [4.69, 9.17) is 4.74 Å². The molecule has 0 aromatic rings. The molecule has 0 aromatic carbocycles. The maximum absolute atomic E-state index is 5.41. The Hall–Kier alpha value is -0.0800. The Morgan fingerprint density at radius 3 is 1.67 bits per heavy atom. The van der Waals surface area contributed by atoms with Crippen molar-refractivity contribution in [2.75, 3.05) is 13.3 Å². The standard InChI is InChI=1S/C19H39NO/c1-3-4-5-6-7-8-9-10-11-12-13-14-15-16-19(2)17-21-18-20-19/h20H,3-18H2,1-2H3. The molecule has 0 radical (unpaired) electrons. The van der Waals surface area contributed by atoms with Gasteiger partial charge in [0, 0.05) is 5.54 Å². The Morgan fingerprint density at radius 1 is 0.762 bits per heavy atom. The van der Waals surface area contributed by atoms with E-state index in [0.29, 0.717) is 0 Å². The Balaban J connectivity index is 1.73. The fourth-order valence-corrected chi connectivity index (χ4v) is 3.25. The minimum Gasteiger partial charge on any atom is -0.364 e. The molecule has 1 aliphatic heterocycles. The number of ether oxygens (including phenoxy) is 1. The minimum atomic E-state index is 0.262. The third kappa shape index (κ3) is 10.3. The molecule has 0 aliphatic carbocycles. The Morgan fingerprint density at radius 2 is 1.24 bits per heavy atom. The van der Waals surface area contributed by atoms with E-state index >= 15 is 0 Å². The molecule has 1 atom stereocenters. The van der Waals surface area contributed by atoms with Gasteiger partial charge in [0.15, 0.2) is 0 Å². The van der Waals surface area contributed by atoms with Gasteiger partial charge in [0.25, 0.3) is 0 Å². The second-order valence-electron chi connectivity index (χ2n) is 7.22. The zero-order chi connectivity index (χ0) is 15.2. The number of nitrogens with one attached hydrogen (secondary N) is 1. The topological polar surface area (TPSA) is 21.3 Å². The number of rotatable bonds is 14. The number of unbranched alkanes of at least 4 members (excludes halogenated alkanes) is 12. The monoisotopic (exact) mass is 297 g/mol. The van der Waals surface area contributed by atoms with Gasteiger partial charge in [-0.3, -0.25) is 5.32 Å². The first-order valence-electron chi connectivity index (χ1n) is 9.60. The summed E-state index contributed by atoms with van der Waals surface area (Å²) in [4.78, 5) is 0. The van der Waals surface area contributed by atoms with Gasteiger partial charge in [0.05, 0.1) is 13.3 Å². The van der Waals surface area contributed by atoms with E-state index in [2.05, 4.69) is 19.2 Å². The molecule has 0 amide bonds. The van der Waals surface area contributed by atoms with Crippen molar-refractivity contribution in [2.45, 2.75) is 109 Å². The highest BCUT2D eigenvalue weighted by Gasteiger charge is 2.27. The van der Waals surface area contributed by atoms with Gasteiger partial charge in [0.1, 0.15) is 0 Å². The average Bonchev–Trinajstić information content (AvgIpc) is 2.91. The van der Waals surface area contributed by atoms with Crippen LogP contribution in [0.15, 0.2) is 0 Å². The van der Waals surface area contributed by atoms with Gasteiger partial charge < -0.3 is 4.74 Å². The Kier molecular flexibility index (Phi) is 11.3. The van der Waals surface area contributed by atoms with Crippen LogP contribution in [-0.4, -0.2) is 18.9 Å². The summed E-state index contributed by atoms with van der Waals surface area (Å²) in [5.74, 6) is 0. The van der Waals surface area contributed by atoms with E-state index in [1.54, 1.807) is 0 Å². The highest BCUT2D eigenvalue weighted by molar-refractivity contribution is 4.85. The van der Waals surface area contributed by atoms with Crippen LogP contribution in [0.25, 0.3) is 0 Å². The van der Waals surface area contributed by atoms with E-state index in [1.165, 1.54) is 89.9 Å². The molecule has 126 valence electrons. The average molecular weight is 298 g/mol. The quantitative estimate of drug-likeness (QED) is 0.409. The molecule has 1 aliphatic rings. The lowest BCUT2D eigenvalue weighted by Crippen LogP contribution is -2.38. The number of hydrogen-bond acceptors (Lipinski definition) is 2. The Labute approximate surface area is 133 Å². The Bertz CT molecular complexity index is 224. The van der Waals surface area contributed by atoms with Crippen molar-refractivity contribution >= 4 is 0 Å². The van der Waals surface area contributed by atoms with Gasteiger partial charge >= 0.3 is 0 Å². The molecular formula is C19H39NO. The molecule has 1 heterocycles. The van der Waals surface area contributed by atoms with Crippen LogP contribution in [-0.2, 0) is 4.74 Å². The van der Waals surface area contributed by atoms with E-state index in [-0.39, 0.29) is 5.54 Å². The van der Waals surface area contributed by atoms with Gasteiger partial charge in [-0.05, 0) is 13.3 Å². The predicted molar refractivity (Wildman–Crippen MR) is 92.7 cm³/mol. The van der Waals surface area contributed by atoms with Crippen molar-refractivity contribution in [2.24, 2.45) is 0 Å². The molecule has 1 N–H and O–H groups in total. The summed E-state index contributed by atoms with van der Waals surface area (Å²) in [5, 5.41) is 3.45. The molecule has 0 saturated carbocycles. The summed E-state index contributed by atoms with van der Waals surface area (Å²) >= 11 is 0. The summed E-state index contributed by atoms with van der Waals surface area (Å²) in [5.41, 5.74) is 0.262. The van der Waals surface area contributed by atoms with Crippen LogP contribution in [0.4, 0.5) is 0 Å². The molecule has 0 aromatic heterocycles. The molecule has 1 saturated heterocycles. The fourth-order valence-electron chi connectivity index (χ4n) is 3.25. The van der Waals surface area contributed by atoms with E-state index in [1.807, 2.05) is 0 Å². The zero-order valence-electron chi connectivity index (χ0n) is 14.7. The highest BCUT2D eigenvalue weighted by Crippen LogP contribution is 2.20. The SMILES string of the molecule is CCCCCCCCCCCCCCCC1(C)COCN1. The van der Waals surface area contributed by atoms with Crippen molar-refractivity contribution < 1.29 is 4.74 Å². The second kappa shape index (κ2) is 12.5. The zero-order valence-corrected chi connectivity index (χ0v) is 14.7. The van der Waals surface area contributed by atoms with E-state index < -0.39 is 0 Å².